The summed E-state index contributed by atoms with van der Waals surface area (Å²) in [7, 11) is 2.93. The SMILES string of the molecule is COc1cc(OC)nc(NC(=O)c2cccc(C)c2N)n1. The second kappa shape index (κ2) is 6.08. The second-order valence-corrected chi connectivity index (χ2v) is 4.27. The van der Waals surface area contributed by atoms with Gasteiger partial charge in [-0.3, -0.25) is 10.1 Å². The first-order chi connectivity index (χ1) is 10.0. The number of methoxy groups -OCH3 is 2. The van der Waals surface area contributed by atoms with Crippen LogP contribution in [0.1, 0.15) is 15.9 Å². The summed E-state index contributed by atoms with van der Waals surface area (Å²) >= 11 is 0. The summed E-state index contributed by atoms with van der Waals surface area (Å²) in [6.45, 7) is 1.83. The lowest BCUT2D eigenvalue weighted by molar-refractivity contribution is 0.102. The van der Waals surface area contributed by atoms with Crippen molar-refractivity contribution in [1.29, 1.82) is 0 Å². The second-order valence-electron chi connectivity index (χ2n) is 4.27. The standard InChI is InChI=1S/C14H16N4O3/c1-8-5-4-6-9(12(8)15)13(19)18-14-16-10(20-2)7-11(17-14)21-3/h4-7H,15H2,1-3H3,(H,16,17,18,19). The van der Waals surface area contributed by atoms with Crippen LogP contribution in [0.3, 0.4) is 0 Å². The van der Waals surface area contributed by atoms with Gasteiger partial charge in [-0.2, -0.15) is 9.97 Å². The zero-order valence-corrected chi connectivity index (χ0v) is 12.0. The van der Waals surface area contributed by atoms with Gasteiger partial charge in [0.25, 0.3) is 5.91 Å². The van der Waals surface area contributed by atoms with Gasteiger partial charge in [0.05, 0.1) is 25.8 Å². The Hall–Kier alpha value is -2.83. The minimum Gasteiger partial charge on any atom is -0.481 e. The number of carbonyl (C=O) groups is 1. The van der Waals surface area contributed by atoms with Crippen LogP contribution in [0, 0.1) is 6.92 Å². The molecule has 2 rings (SSSR count). The van der Waals surface area contributed by atoms with Gasteiger partial charge >= 0.3 is 0 Å². The molecule has 0 aliphatic heterocycles. The third-order valence-corrected chi connectivity index (χ3v) is 2.89. The van der Waals surface area contributed by atoms with Gasteiger partial charge in [0.1, 0.15) is 0 Å². The Labute approximate surface area is 122 Å². The van der Waals surface area contributed by atoms with Crippen LogP contribution in [-0.2, 0) is 0 Å². The number of nitrogens with zero attached hydrogens (tertiary/aromatic N) is 2. The van der Waals surface area contributed by atoms with Gasteiger partial charge in [-0.1, -0.05) is 12.1 Å². The number of nitrogens with one attached hydrogen (secondary N) is 1. The molecular formula is C14H16N4O3. The van der Waals surface area contributed by atoms with Gasteiger partial charge < -0.3 is 15.2 Å². The molecule has 2 aromatic rings. The fourth-order valence-electron chi connectivity index (χ4n) is 1.72. The van der Waals surface area contributed by atoms with Crippen molar-refractivity contribution in [1.82, 2.24) is 9.97 Å². The van der Waals surface area contributed by atoms with Crippen molar-refractivity contribution < 1.29 is 14.3 Å². The molecule has 1 amide bonds. The highest BCUT2D eigenvalue weighted by Crippen LogP contribution is 2.20. The topological polar surface area (TPSA) is 99.4 Å². The van der Waals surface area contributed by atoms with Crippen molar-refractivity contribution in [3.05, 3.63) is 35.4 Å². The van der Waals surface area contributed by atoms with E-state index in [4.69, 9.17) is 15.2 Å². The lowest BCUT2D eigenvalue weighted by atomic mass is 10.1. The Morgan fingerprint density at radius 1 is 1.19 bits per heavy atom. The normalized spacial score (nSPS) is 10.0. The van der Waals surface area contributed by atoms with Crippen LogP contribution in [0.4, 0.5) is 11.6 Å². The molecule has 0 radical (unpaired) electrons. The van der Waals surface area contributed by atoms with E-state index < -0.39 is 5.91 Å². The molecule has 0 spiro atoms. The van der Waals surface area contributed by atoms with Gasteiger partial charge in [-0.15, -0.1) is 0 Å². The number of benzene rings is 1. The average Bonchev–Trinajstić information content (AvgIpc) is 2.49. The zero-order chi connectivity index (χ0) is 15.4. The third-order valence-electron chi connectivity index (χ3n) is 2.89. The zero-order valence-electron chi connectivity index (χ0n) is 12.0. The molecule has 7 nitrogen and oxygen atoms in total. The number of nitrogens with two attached hydrogens (primary N) is 1. The largest absolute Gasteiger partial charge is 0.481 e. The van der Waals surface area contributed by atoms with Crippen molar-refractivity contribution in [2.75, 3.05) is 25.3 Å². The van der Waals surface area contributed by atoms with Crippen molar-refractivity contribution in [3.8, 4) is 11.8 Å². The van der Waals surface area contributed by atoms with Crippen molar-refractivity contribution in [2.24, 2.45) is 0 Å². The maximum absolute atomic E-state index is 12.2. The smallest absolute Gasteiger partial charge is 0.260 e. The molecule has 1 heterocycles. The number of amides is 1. The molecule has 0 atom stereocenters. The molecule has 7 heteroatoms. The van der Waals surface area contributed by atoms with Crippen LogP contribution in [-0.4, -0.2) is 30.1 Å². The Bertz CT molecular complexity index is 651. The molecule has 1 aromatic heterocycles. The maximum atomic E-state index is 12.2. The monoisotopic (exact) mass is 288 g/mol. The molecule has 0 saturated heterocycles. The Morgan fingerprint density at radius 3 is 2.38 bits per heavy atom. The summed E-state index contributed by atoms with van der Waals surface area (Å²) in [5.74, 6) is 0.257. The molecule has 1 aromatic carbocycles. The minimum absolute atomic E-state index is 0.0807. The Balaban J connectivity index is 2.29. The third kappa shape index (κ3) is 3.19. The van der Waals surface area contributed by atoms with Gasteiger partial charge in [0.15, 0.2) is 0 Å². The number of hydrogen-bond donors (Lipinski definition) is 2. The molecule has 0 aliphatic rings. The lowest BCUT2D eigenvalue weighted by Gasteiger charge is -2.10. The molecule has 0 saturated carbocycles. The average molecular weight is 288 g/mol. The van der Waals surface area contributed by atoms with Crippen LogP contribution in [0.5, 0.6) is 11.8 Å². The fourth-order valence-corrected chi connectivity index (χ4v) is 1.72. The predicted molar refractivity (Wildman–Crippen MR) is 78.7 cm³/mol. The summed E-state index contributed by atoms with van der Waals surface area (Å²) in [5, 5.41) is 2.57. The molecule has 21 heavy (non-hydrogen) atoms. The van der Waals surface area contributed by atoms with Crippen LogP contribution in [0.25, 0.3) is 0 Å². The number of anilines is 2. The van der Waals surface area contributed by atoms with Crippen LogP contribution >= 0.6 is 0 Å². The number of rotatable bonds is 4. The first-order valence-electron chi connectivity index (χ1n) is 6.18. The van der Waals surface area contributed by atoms with E-state index in [1.807, 2.05) is 13.0 Å². The number of aromatic nitrogens is 2. The van der Waals surface area contributed by atoms with Gasteiger partial charge in [0.2, 0.25) is 17.7 Å². The summed E-state index contributed by atoms with van der Waals surface area (Å²) in [6.07, 6.45) is 0. The summed E-state index contributed by atoms with van der Waals surface area (Å²) in [4.78, 5) is 20.3. The van der Waals surface area contributed by atoms with Crippen LogP contribution in [0.2, 0.25) is 0 Å². The summed E-state index contributed by atoms with van der Waals surface area (Å²) in [6, 6.07) is 6.73. The van der Waals surface area contributed by atoms with Crippen molar-refractivity contribution >= 4 is 17.5 Å². The van der Waals surface area contributed by atoms with E-state index in [0.29, 0.717) is 11.3 Å². The van der Waals surface area contributed by atoms with Gasteiger partial charge in [-0.25, -0.2) is 0 Å². The highest BCUT2D eigenvalue weighted by Gasteiger charge is 2.14. The number of hydrogen-bond acceptors (Lipinski definition) is 6. The van der Waals surface area contributed by atoms with Gasteiger partial charge in [0, 0.05) is 5.69 Å². The fraction of sp³-hybridized carbons (Fsp3) is 0.214. The van der Waals surface area contributed by atoms with E-state index >= 15 is 0 Å². The van der Waals surface area contributed by atoms with Crippen molar-refractivity contribution in [3.63, 3.8) is 0 Å². The number of carbonyl (C=O) groups excluding carboxylic acids is 1. The molecule has 0 bridgehead atoms. The minimum atomic E-state index is -0.397. The molecular weight excluding hydrogens is 272 g/mol. The van der Waals surface area contributed by atoms with Crippen LogP contribution in [0.15, 0.2) is 24.3 Å². The van der Waals surface area contributed by atoms with E-state index in [1.54, 1.807) is 12.1 Å². The highest BCUT2D eigenvalue weighted by atomic mass is 16.5. The predicted octanol–water partition coefficient (Wildman–Crippen LogP) is 1.64. The summed E-state index contributed by atoms with van der Waals surface area (Å²) < 4.78 is 10.0. The molecule has 0 fully saturated rings. The number of aryl methyl sites for hydroxylation is 1. The van der Waals surface area contributed by atoms with Crippen molar-refractivity contribution in [2.45, 2.75) is 6.92 Å². The highest BCUT2D eigenvalue weighted by molar-refractivity contribution is 6.07. The van der Waals surface area contributed by atoms with E-state index in [2.05, 4.69) is 15.3 Å². The van der Waals surface area contributed by atoms with E-state index in [1.165, 1.54) is 20.3 Å². The first kappa shape index (κ1) is 14.6. The lowest BCUT2D eigenvalue weighted by Crippen LogP contribution is -2.16. The number of para-hydroxylation sites is 1. The molecule has 0 aliphatic carbocycles. The molecule has 0 unspecified atom stereocenters. The molecule has 3 N–H and O–H groups in total. The van der Waals surface area contributed by atoms with Gasteiger partial charge in [-0.05, 0) is 18.6 Å². The van der Waals surface area contributed by atoms with E-state index in [9.17, 15) is 4.79 Å². The van der Waals surface area contributed by atoms with E-state index in [-0.39, 0.29) is 17.7 Å². The molecule has 110 valence electrons. The summed E-state index contributed by atoms with van der Waals surface area (Å²) in [5.41, 5.74) is 7.51. The van der Waals surface area contributed by atoms with E-state index in [0.717, 1.165) is 5.56 Å². The Morgan fingerprint density at radius 2 is 1.81 bits per heavy atom. The number of ether oxygens (including phenoxy) is 2. The van der Waals surface area contributed by atoms with Crippen LogP contribution < -0.4 is 20.5 Å². The quantitative estimate of drug-likeness (QED) is 0.830. The maximum Gasteiger partial charge on any atom is 0.260 e. The Kier molecular flexibility index (Phi) is 4.22. The first-order valence-corrected chi connectivity index (χ1v) is 6.18. The number of nitrogen functional groups attached to an aromatic ring is 1.